The number of ether oxygens (including phenoxy) is 1. The van der Waals surface area contributed by atoms with Gasteiger partial charge in [-0.1, -0.05) is 38.1 Å². The van der Waals surface area contributed by atoms with Crippen LogP contribution in [-0.4, -0.2) is 66.6 Å². The lowest BCUT2D eigenvalue weighted by atomic mass is 10.1. The van der Waals surface area contributed by atoms with Crippen molar-refractivity contribution in [3.63, 3.8) is 0 Å². The smallest absolute Gasteiger partial charge is 0.261 e. The molecule has 0 atom stereocenters. The van der Waals surface area contributed by atoms with E-state index in [9.17, 15) is 9.59 Å². The van der Waals surface area contributed by atoms with Gasteiger partial charge >= 0.3 is 0 Å². The van der Waals surface area contributed by atoms with Crippen molar-refractivity contribution < 1.29 is 14.3 Å². The van der Waals surface area contributed by atoms with E-state index in [1.54, 1.807) is 30.3 Å². The Bertz CT molecular complexity index is 987. The van der Waals surface area contributed by atoms with Gasteiger partial charge in [0.05, 0.1) is 23.4 Å². The number of carbonyl (C=O) groups excluding carboxylic acids is 2. The van der Waals surface area contributed by atoms with E-state index in [0.717, 1.165) is 19.5 Å². The normalized spacial score (nSPS) is 14.1. The summed E-state index contributed by atoms with van der Waals surface area (Å²) in [5.74, 6) is 0.611. The standard InChI is InChI=1S/C25H32N4O3S/c1-18(2)12-17-32-22-11-7-5-9-20(22)23(30)27-25(33)26-21-10-6-4-8-19(21)24(31)29-15-13-28(3)14-16-29/h4-11,18H,12-17H2,1-3H3,(H2,26,27,30,33). The monoisotopic (exact) mass is 468 g/mol. The second-order valence-corrected chi connectivity index (χ2v) is 8.98. The van der Waals surface area contributed by atoms with Crippen LogP contribution >= 0.6 is 12.2 Å². The molecule has 0 saturated carbocycles. The maximum Gasteiger partial charge on any atom is 0.261 e. The van der Waals surface area contributed by atoms with Gasteiger partial charge in [0.2, 0.25) is 0 Å². The topological polar surface area (TPSA) is 73.9 Å². The molecule has 2 aromatic rings. The number of hydrogen-bond acceptors (Lipinski definition) is 5. The lowest BCUT2D eigenvalue weighted by Gasteiger charge is -2.32. The molecule has 7 nitrogen and oxygen atoms in total. The summed E-state index contributed by atoms with van der Waals surface area (Å²) in [5.41, 5.74) is 1.50. The van der Waals surface area contributed by atoms with Crippen LogP contribution in [0.25, 0.3) is 0 Å². The molecule has 1 fully saturated rings. The quantitative estimate of drug-likeness (QED) is 0.605. The summed E-state index contributed by atoms with van der Waals surface area (Å²) in [6.07, 6.45) is 0.897. The molecule has 2 N–H and O–H groups in total. The number of hydrogen-bond donors (Lipinski definition) is 2. The van der Waals surface area contributed by atoms with Gasteiger partial charge in [0.1, 0.15) is 5.75 Å². The maximum absolute atomic E-state index is 13.1. The van der Waals surface area contributed by atoms with Crippen LogP contribution in [0, 0.1) is 5.92 Å². The number of nitrogens with zero attached hydrogens (tertiary/aromatic N) is 2. The highest BCUT2D eigenvalue weighted by molar-refractivity contribution is 7.80. The van der Waals surface area contributed by atoms with Gasteiger partial charge in [-0.05, 0) is 55.9 Å². The zero-order chi connectivity index (χ0) is 23.8. The summed E-state index contributed by atoms with van der Waals surface area (Å²) < 4.78 is 5.82. The van der Waals surface area contributed by atoms with Crippen molar-refractivity contribution in [2.75, 3.05) is 45.2 Å². The van der Waals surface area contributed by atoms with Crippen LogP contribution in [0.15, 0.2) is 48.5 Å². The number of carbonyl (C=O) groups is 2. The Kier molecular flexibility index (Phi) is 8.79. The van der Waals surface area contributed by atoms with E-state index in [1.165, 1.54) is 0 Å². The summed E-state index contributed by atoms with van der Waals surface area (Å²) in [7, 11) is 2.05. The number of rotatable bonds is 7. The Labute approximate surface area is 201 Å². The third-order valence-electron chi connectivity index (χ3n) is 5.51. The zero-order valence-electron chi connectivity index (χ0n) is 19.5. The number of amides is 2. The van der Waals surface area contributed by atoms with E-state index in [1.807, 2.05) is 30.1 Å². The Morgan fingerprint density at radius 1 is 1.00 bits per heavy atom. The van der Waals surface area contributed by atoms with E-state index in [-0.39, 0.29) is 16.9 Å². The lowest BCUT2D eigenvalue weighted by Crippen LogP contribution is -2.47. The van der Waals surface area contributed by atoms with Crippen molar-refractivity contribution in [2.24, 2.45) is 5.92 Å². The van der Waals surface area contributed by atoms with Gasteiger partial charge in [0.25, 0.3) is 11.8 Å². The second kappa shape index (κ2) is 11.8. The lowest BCUT2D eigenvalue weighted by molar-refractivity contribution is 0.0665. The Morgan fingerprint density at radius 3 is 2.33 bits per heavy atom. The van der Waals surface area contributed by atoms with Crippen LogP contribution < -0.4 is 15.4 Å². The number of para-hydroxylation sites is 2. The maximum atomic E-state index is 13.1. The summed E-state index contributed by atoms with van der Waals surface area (Å²) in [4.78, 5) is 30.0. The fourth-order valence-electron chi connectivity index (χ4n) is 3.47. The molecule has 0 aliphatic carbocycles. The third-order valence-corrected chi connectivity index (χ3v) is 5.71. The van der Waals surface area contributed by atoms with E-state index in [0.29, 0.717) is 48.2 Å². The largest absolute Gasteiger partial charge is 0.493 e. The number of anilines is 1. The fourth-order valence-corrected chi connectivity index (χ4v) is 3.67. The third kappa shape index (κ3) is 7.00. The fraction of sp³-hybridized carbons (Fsp3) is 0.400. The molecule has 3 rings (SSSR count). The van der Waals surface area contributed by atoms with Crippen LogP contribution in [0.5, 0.6) is 5.75 Å². The Balaban J connectivity index is 1.65. The highest BCUT2D eigenvalue weighted by Crippen LogP contribution is 2.20. The summed E-state index contributed by atoms with van der Waals surface area (Å²) in [5, 5.41) is 5.84. The van der Waals surface area contributed by atoms with Crippen molar-refractivity contribution >= 4 is 34.8 Å². The zero-order valence-corrected chi connectivity index (χ0v) is 20.3. The van der Waals surface area contributed by atoms with Gasteiger partial charge in [0.15, 0.2) is 5.11 Å². The minimum atomic E-state index is -0.365. The molecule has 0 radical (unpaired) electrons. The van der Waals surface area contributed by atoms with Crippen LogP contribution in [0.2, 0.25) is 0 Å². The average molecular weight is 469 g/mol. The molecule has 176 valence electrons. The van der Waals surface area contributed by atoms with Crippen molar-refractivity contribution in [1.82, 2.24) is 15.1 Å². The van der Waals surface area contributed by atoms with Crippen LogP contribution in [0.4, 0.5) is 5.69 Å². The molecule has 33 heavy (non-hydrogen) atoms. The van der Waals surface area contributed by atoms with Gasteiger partial charge in [-0.3, -0.25) is 14.9 Å². The molecule has 0 unspecified atom stereocenters. The number of likely N-dealkylation sites (N-methyl/N-ethyl adjacent to an activating group) is 1. The highest BCUT2D eigenvalue weighted by atomic mass is 32.1. The first-order valence-electron chi connectivity index (χ1n) is 11.3. The SMILES string of the molecule is CC(C)CCOc1ccccc1C(=O)NC(=S)Nc1ccccc1C(=O)N1CCN(C)CC1. The van der Waals surface area contributed by atoms with Crippen molar-refractivity contribution in [3.05, 3.63) is 59.7 Å². The minimum absolute atomic E-state index is 0.0516. The first kappa shape index (κ1) is 24.7. The van der Waals surface area contributed by atoms with E-state index < -0.39 is 0 Å². The first-order chi connectivity index (χ1) is 15.8. The van der Waals surface area contributed by atoms with Gasteiger partial charge in [0, 0.05) is 26.2 Å². The van der Waals surface area contributed by atoms with Crippen molar-refractivity contribution in [3.8, 4) is 5.75 Å². The molecule has 1 aliphatic rings. The van der Waals surface area contributed by atoms with Gasteiger partial charge in [-0.2, -0.15) is 0 Å². The number of thiocarbonyl (C=S) groups is 1. The van der Waals surface area contributed by atoms with Crippen molar-refractivity contribution in [1.29, 1.82) is 0 Å². The molecule has 0 bridgehead atoms. The molecule has 1 heterocycles. The molecule has 0 spiro atoms. The predicted molar refractivity (Wildman–Crippen MR) is 135 cm³/mol. The van der Waals surface area contributed by atoms with Crippen LogP contribution in [-0.2, 0) is 0 Å². The van der Waals surface area contributed by atoms with Crippen molar-refractivity contribution in [2.45, 2.75) is 20.3 Å². The molecule has 1 saturated heterocycles. The van der Waals surface area contributed by atoms with E-state index in [4.69, 9.17) is 17.0 Å². The molecule has 0 aromatic heterocycles. The van der Waals surface area contributed by atoms with Crippen LogP contribution in [0.1, 0.15) is 41.0 Å². The predicted octanol–water partition coefficient (Wildman–Crippen LogP) is 3.63. The highest BCUT2D eigenvalue weighted by Gasteiger charge is 2.23. The molecule has 1 aliphatic heterocycles. The molecular formula is C25H32N4O3S. The molecular weight excluding hydrogens is 436 g/mol. The minimum Gasteiger partial charge on any atom is -0.493 e. The van der Waals surface area contributed by atoms with Gasteiger partial charge in [-0.15, -0.1) is 0 Å². The van der Waals surface area contributed by atoms with Gasteiger partial charge < -0.3 is 19.9 Å². The summed E-state index contributed by atoms with van der Waals surface area (Å²) >= 11 is 5.38. The second-order valence-electron chi connectivity index (χ2n) is 8.58. The van der Waals surface area contributed by atoms with Crippen LogP contribution in [0.3, 0.4) is 0 Å². The Hall–Kier alpha value is -2.97. The molecule has 8 heteroatoms. The Morgan fingerprint density at radius 2 is 1.64 bits per heavy atom. The molecule has 2 amide bonds. The first-order valence-corrected chi connectivity index (χ1v) is 11.7. The number of piperazine rings is 1. The summed E-state index contributed by atoms with van der Waals surface area (Å²) in [6, 6.07) is 14.3. The molecule has 2 aromatic carbocycles. The van der Waals surface area contributed by atoms with E-state index >= 15 is 0 Å². The summed E-state index contributed by atoms with van der Waals surface area (Å²) in [6.45, 7) is 7.82. The van der Waals surface area contributed by atoms with E-state index in [2.05, 4.69) is 29.4 Å². The number of nitrogens with one attached hydrogen (secondary N) is 2. The average Bonchev–Trinajstić information content (AvgIpc) is 2.79. The number of benzene rings is 2. The van der Waals surface area contributed by atoms with Gasteiger partial charge in [-0.25, -0.2) is 0 Å².